The van der Waals surface area contributed by atoms with Crippen LogP contribution in [0.15, 0.2) is 71.1 Å². The Hall–Kier alpha value is -2.42. The molecule has 9 heteroatoms. The highest BCUT2D eigenvalue weighted by atomic mass is 35.5. The zero-order valence-corrected chi connectivity index (χ0v) is 17.2. The summed E-state index contributed by atoms with van der Waals surface area (Å²) in [5.74, 6) is -0.399. The van der Waals surface area contributed by atoms with Gasteiger partial charge < -0.3 is 5.32 Å². The quantitative estimate of drug-likeness (QED) is 0.588. The molecular weight excluding hydrogens is 418 g/mol. The van der Waals surface area contributed by atoms with Gasteiger partial charge in [0.05, 0.1) is 4.90 Å². The molecule has 2 aromatic carbocycles. The summed E-state index contributed by atoms with van der Waals surface area (Å²) in [4.78, 5) is 16.6. The van der Waals surface area contributed by atoms with E-state index in [9.17, 15) is 13.2 Å². The van der Waals surface area contributed by atoms with Crippen molar-refractivity contribution in [1.82, 2.24) is 10.3 Å². The van der Waals surface area contributed by atoms with E-state index in [1.54, 1.807) is 35.7 Å². The summed E-state index contributed by atoms with van der Waals surface area (Å²) in [6.45, 7) is 0.0446. The Balaban J connectivity index is 1.68. The van der Waals surface area contributed by atoms with E-state index in [4.69, 9.17) is 11.6 Å². The normalized spacial score (nSPS) is 11.2. The zero-order chi connectivity index (χ0) is 20.0. The standard InChI is InChI=1S/C19H18ClN3O3S2/c20-16-8-6-15(7-9-16)10-11-21-18(24)14-23(19-22-12-13-27-19)28(25,26)17-4-2-1-3-5-17/h1-9,12-13H,10-11,14H2,(H,21,24). The smallest absolute Gasteiger partial charge is 0.266 e. The summed E-state index contributed by atoms with van der Waals surface area (Å²) in [6.07, 6.45) is 2.12. The van der Waals surface area contributed by atoms with Crippen LogP contribution in [0.2, 0.25) is 5.02 Å². The second kappa shape index (κ2) is 9.18. The molecule has 0 aliphatic heterocycles. The molecule has 0 atom stereocenters. The summed E-state index contributed by atoms with van der Waals surface area (Å²) in [5.41, 5.74) is 1.03. The first kappa shape index (κ1) is 20.3. The van der Waals surface area contributed by atoms with Crippen molar-refractivity contribution in [3.05, 3.63) is 76.8 Å². The lowest BCUT2D eigenvalue weighted by Gasteiger charge is -2.21. The molecule has 0 spiro atoms. The van der Waals surface area contributed by atoms with E-state index in [0.717, 1.165) is 21.2 Å². The number of rotatable bonds is 8. The summed E-state index contributed by atoms with van der Waals surface area (Å²) in [5, 5.41) is 5.33. The van der Waals surface area contributed by atoms with E-state index in [2.05, 4.69) is 10.3 Å². The Morgan fingerprint density at radius 1 is 1.11 bits per heavy atom. The predicted molar refractivity (Wildman–Crippen MR) is 111 cm³/mol. The number of hydrogen-bond donors (Lipinski definition) is 1. The van der Waals surface area contributed by atoms with Crippen molar-refractivity contribution in [1.29, 1.82) is 0 Å². The predicted octanol–water partition coefficient (Wildman–Crippen LogP) is 3.35. The first-order valence-electron chi connectivity index (χ1n) is 8.45. The van der Waals surface area contributed by atoms with Crippen LogP contribution < -0.4 is 9.62 Å². The number of amides is 1. The number of halogens is 1. The first-order chi connectivity index (χ1) is 13.5. The molecule has 3 aromatic rings. The largest absolute Gasteiger partial charge is 0.354 e. The second-order valence-electron chi connectivity index (χ2n) is 5.87. The molecule has 6 nitrogen and oxygen atoms in total. The van der Waals surface area contributed by atoms with Crippen molar-refractivity contribution in [3.63, 3.8) is 0 Å². The minimum absolute atomic E-state index is 0.110. The van der Waals surface area contributed by atoms with Gasteiger partial charge >= 0.3 is 0 Å². The molecule has 0 bridgehead atoms. The maximum atomic E-state index is 13.0. The SMILES string of the molecule is O=C(CN(c1nccs1)S(=O)(=O)c1ccccc1)NCCc1ccc(Cl)cc1. The van der Waals surface area contributed by atoms with Gasteiger partial charge in [0.25, 0.3) is 10.0 Å². The van der Waals surface area contributed by atoms with E-state index in [-0.39, 0.29) is 16.6 Å². The van der Waals surface area contributed by atoms with E-state index in [1.165, 1.54) is 18.3 Å². The fourth-order valence-electron chi connectivity index (χ4n) is 2.50. The fraction of sp³-hybridized carbons (Fsp3) is 0.158. The minimum atomic E-state index is -3.90. The third-order valence-corrected chi connectivity index (χ3v) is 6.81. The Kier molecular flexibility index (Phi) is 6.66. The van der Waals surface area contributed by atoms with Crippen LogP contribution in [-0.4, -0.2) is 32.4 Å². The third kappa shape index (κ3) is 5.09. The molecule has 1 heterocycles. The van der Waals surface area contributed by atoms with Gasteiger partial charge in [-0.25, -0.2) is 17.7 Å². The maximum absolute atomic E-state index is 13.0. The Labute approximate surface area is 172 Å². The molecule has 0 saturated carbocycles. The third-order valence-electron chi connectivity index (χ3n) is 3.90. The van der Waals surface area contributed by atoms with Crippen LogP contribution in [0.4, 0.5) is 5.13 Å². The average Bonchev–Trinajstić information content (AvgIpc) is 3.22. The molecule has 0 unspecified atom stereocenters. The fourth-order valence-corrected chi connectivity index (χ4v) is 4.89. The van der Waals surface area contributed by atoms with Gasteiger partial charge in [-0.05, 0) is 36.2 Å². The summed E-state index contributed by atoms with van der Waals surface area (Å²) in [7, 11) is -3.90. The number of nitrogens with one attached hydrogen (secondary N) is 1. The van der Waals surface area contributed by atoms with Crippen LogP contribution in [0.3, 0.4) is 0 Å². The highest BCUT2D eigenvalue weighted by Gasteiger charge is 2.28. The van der Waals surface area contributed by atoms with Crippen molar-refractivity contribution in [2.24, 2.45) is 0 Å². The van der Waals surface area contributed by atoms with E-state index >= 15 is 0 Å². The summed E-state index contributed by atoms with van der Waals surface area (Å²) < 4.78 is 27.0. The van der Waals surface area contributed by atoms with Crippen molar-refractivity contribution in [2.75, 3.05) is 17.4 Å². The van der Waals surface area contributed by atoms with Gasteiger partial charge in [-0.1, -0.05) is 41.9 Å². The molecule has 1 aromatic heterocycles. The molecular formula is C19H18ClN3O3S2. The first-order valence-corrected chi connectivity index (χ1v) is 11.1. The molecule has 28 heavy (non-hydrogen) atoms. The number of carbonyl (C=O) groups is 1. The Bertz CT molecular complexity index is 1010. The summed E-state index contributed by atoms with van der Waals surface area (Å²) >= 11 is 7.02. The van der Waals surface area contributed by atoms with Crippen LogP contribution in [0.5, 0.6) is 0 Å². The molecule has 0 fully saturated rings. The number of nitrogens with zero attached hydrogens (tertiary/aromatic N) is 2. The van der Waals surface area contributed by atoms with E-state index in [0.29, 0.717) is 18.0 Å². The maximum Gasteiger partial charge on any atom is 0.266 e. The van der Waals surface area contributed by atoms with Crippen molar-refractivity contribution in [3.8, 4) is 0 Å². The van der Waals surface area contributed by atoms with Crippen LogP contribution in [0.1, 0.15) is 5.56 Å². The monoisotopic (exact) mass is 435 g/mol. The van der Waals surface area contributed by atoms with Gasteiger partial charge in [0.2, 0.25) is 5.91 Å². The Morgan fingerprint density at radius 3 is 2.46 bits per heavy atom. The molecule has 3 rings (SSSR count). The van der Waals surface area contributed by atoms with Crippen LogP contribution in [-0.2, 0) is 21.2 Å². The number of sulfonamides is 1. The highest BCUT2D eigenvalue weighted by Crippen LogP contribution is 2.25. The average molecular weight is 436 g/mol. The van der Waals surface area contributed by atoms with Gasteiger partial charge in [-0.3, -0.25) is 4.79 Å². The van der Waals surface area contributed by atoms with Crippen molar-refractivity contribution >= 4 is 44.0 Å². The van der Waals surface area contributed by atoms with Crippen LogP contribution in [0.25, 0.3) is 0 Å². The van der Waals surface area contributed by atoms with Crippen LogP contribution >= 0.6 is 22.9 Å². The van der Waals surface area contributed by atoms with E-state index in [1.807, 2.05) is 12.1 Å². The lowest BCUT2D eigenvalue weighted by atomic mass is 10.1. The molecule has 146 valence electrons. The van der Waals surface area contributed by atoms with Crippen LogP contribution in [0, 0.1) is 0 Å². The second-order valence-corrected chi connectivity index (χ2v) is 9.04. The molecule has 0 aliphatic carbocycles. The lowest BCUT2D eigenvalue weighted by molar-refractivity contribution is -0.119. The molecule has 1 N–H and O–H groups in total. The molecule has 0 aliphatic rings. The number of benzene rings is 2. The number of thiazole rings is 1. The molecule has 0 saturated heterocycles. The molecule has 1 amide bonds. The molecule has 0 radical (unpaired) electrons. The highest BCUT2D eigenvalue weighted by molar-refractivity contribution is 7.93. The van der Waals surface area contributed by atoms with Gasteiger partial charge in [-0.15, -0.1) is 11.3 Å². The number of aromatic nitrogens is 1. The van der Waals surface area contributed by atoms with Gasteiger partial charge in [-0.2, -0.15) is 0 Å². The number of hydrogen-bond acceptors (Lipinski definition) is 5. The minimum Gasteiger partial charge on any atom is -0.354 e. The number of carbonyl (C=O) groups excluding carboxylic acids is 1. The van der Waals surface area contributed by atoms with Crippen molar-refractivity contribution in [2.45, 2.75) is 11.3 Å². The Morgan fingerprint density at radius 2 is 1.82 bits per heavy atom. The topological polar surface area (TPSA) is 79.4 Å². The summed E-state index contributed by atoms with van der Waals surface area (Å²) in [6, 6.07) is 15.3. The van der Waals surface area contributed by atoms with Gasteiger partial charge in [0.1, 0.15) is 6.54 Å². The lowest BCUT2D eigenvalue weighted by Crippen LogP contribution is -2.41. The van der Waals surface area contributed by atoms with Gasteiger partial charge in [0, 0.05) is 23.1 Å². The zero-order valence-electron chi connectivity index (χ0n) is 14.8. The van der Waals surface area contributed by atoms with Gasteiger partial charge in [0.15, 0.2) is 5.13 Å². The van der Waals surface area contributed by atoms with E-state index < -0.39 is 15.9 Å². The number of anilines is 1. The van der Waals surface area contributed by atoms with Crippen molar-refractivity contribution < 1.29 is 13.2 Å².